The lowest BCUT2D eigenvalue weighted by Gasteiger charge is -2.37. The van der Waals surface area contributed by atoms with E-state index in [1.165, 1.54) is 44.2 Å². The highest BCUT2D eigenvalue weighted by Gasteiger charge is 2.41. The van der Waals surface area contributed by atoms with Crippen molar-refractivity contribution in [3.63, 3.8) is 0 Å². The first-order valence-electron chi connectivity index (χ1n) is 7.20. The Morgan fingerprint density at radius 1 is 1.28 bits per heavy atom. The van der Waals surface area contributed by atoms with Gasteiger partial charge in [0.05, 0.1) is 0 Å². The molecule has 3 rings (SSSR count). The van der Waals surface area contributed by atoms with Crippen molar-refractivity contribution in [3.8, 4) is 0 Å². The minimum atomic E-state index is 0.662. The van der Waals surface area contributed by atoms with Crippen molar-refractivity contribution in [2.45, 2.75) is 51.0 Å². The molecule has 0 atom stereocenters. The average Bonchev–Trinajstić information content (AvgIpc) is 3.10. The van der Waals surface area contributed by atoms with Gasteiger partial charge in [-0.2, -0.15) is 0 Å². The van der Waals surface area contributed by atoms with Crippen molar-refractivity contribution in [1.82, 2.24) is 5.32 Å². The first-order valence-corrected chi connectivity index (χ1v) is 7.58. The highest BCUT2D eigenvalue weighted by atomic mass is 35.5. The zero-order valence-electron chi connectivity index (χ0n) is 11.1. The van der Waals surface area contributed by atoms with Crippen molar-refractivity contribution in [1.29, 1.82) is 0 Å². The number of hydrogen-bond acceptors (Lipinski definition) is 1. The fourth-order valence-corrected chi connectivity index (χ4v) is 3.33. The van der Waals surface area contributed by atoms with Gasteiger partial charge >= 0.3 is 0 Å². The average molecular weight is 264 g/mol. The Kier molecular flexibility index (Phi) is 3.38. The normalized spacial score (nSPS) is 28.8. The molecular formula is C16H22ClN. The number of benzene rings is 1. The SMILES string of the molecule is CCC1(CNC2CC(c3ccccc3Cl)C2)CC1. The summed E-state index contributed by atoms with van der Waals surface area (Å²) >= 11 is 6.24. The third kappa shape index (κ3) is 2.44. The lowest BCUT2D eigenvalue weighted by molar-refractivity contribution is 0.268. The summed E-state index contributed by atoms with van der Waals surface area (Å²) in [5.41, 5.74) is 2.00. The van der Waals surface area contributed by atoms with E-state index < -0.39 is 0 Å². The van der Waals surface area contributed by atoms with Crippen LogP contribution in [0, 0.1) is 5.41 Å². The summed E-state index contributed by atoms with van der Waals surface area (Å²) in [6.45, 7) is 3.55. The van der Waals surface area contributed by atoms with Gasteiger partial charge in [-0.05, 0) is 55.1 Å². The van der Waals surface area contributed by atoms with Gasteiger partial charge < -0.3 is 5.32 Å². The first kappa shape index (κ1) is 12.5. The van der Waals surface area contributed by atoms with E-state index >= 15 is 0 Å². The van der Waals surface area contributed by atoms with E-state index in [0.717, 1.165) is 11.1 Å². The zero-order valence-corrected chi connectivity index (χ0v) is 11.8. The number of rotatable bonds is 5. The Balaban J connectivity index is 1.47. The second-order valence-corrected chi connectivity index (χ2v) is 6.53. The van der Waals surface area contributed by atoms with Crippen molar-refractivity contribution in [2.24, 2.45) is 5.41 Å². The van der Waals surface area contributed by atoms with Gasteiger partial charge in [-0.15, -0.1) is 0 Å². The third-order valence-electron chi connectivity index (χ3n) is 4.96. The molecule has 0 saturated heterocycles. The third-order valence-corrected chi connectivity index (χ3v) is 5.30. The van der Waals surface area contributed by atoms with Crippen molar-refractivity contribution >= 4 is 11.6 Å². The van der Waals surface area contributed by atoms with Gasteiger partial charge in [-0.1, -0.05) is 36.7 Å². The molecule has 0 aromatic heterocycles. The van der Waals surface area contributed by atoms with Crippen LogP contribution in [0.4, 0.5) is 0 Å². The van der Waals surface area contributed by atoms with E-state index in [9.17, 15) is 0 Å². The molecule has 2 saturated carbocycles. The summed E-state index contributed by atoms with van der Waals surface area (Å²) in [5.74, 6) is 0.674. The van der Waals surface area contributed by atoms with E-state index in [1.54, 1.807) is 0 Å². The second kappa shape index (κ2) is 4.86. The van der Waals surface area contributed by atoms with Crippen LogP contribution in [0.25, 0.3) is 0 Å². The minimum Gasteiger partial charge on any atom is -0.313 e. The monoisotopic (exact) mass is 263 g/mol. The molecule has 1 nitrogen and oxygen atoms in total. The minimum absolute atomic E-state index is 0.662. The second-order valence-electron chi connectivity index (χ2n) is 6.12. The highest BCUT2D eigenvalue weighted by molar-refractivity contribution is 6.31. The van der Waals surface area contributed by atoms with Gasteiger partial charge in [0, 0.05) is 17.6 Å². The zero-order chi connectivity index (χ0) is 12.6. The highest BCUT2D eigenvalue weighted by Crippen LogP contribution is 2.48. The maximum Gasteiger partial charge on any atom is 0.0440 e. The fraction of sp³-hybridized carbons (Fsp3) is 0.625. The Labute approximate surface area is 115 Å². The van der Waals surface area contributed by atoms with E-state index in [2.05, 4.69) is 24.4 Å². The summed E-state index contributed by atoms with van der Waals surface area (Å²) in [6, 6.07) is 9.01. The van der Waals surface area contributed by atoms with E-state index in [4.69, 9.17) is 11.6 Å². The molecule has 2 fully saturated rings. The number of halogens is 1. The number of nitrogens with one attached hydrogen (secondary N) is 1. The molecule has 0 spiro atoms. The first-order chi connectivity index (χ1) is 8.72. The van der Waals surface area contributed by atoms with Crippen LogP contribution in [-0.2, 0) is 0 Å². The standard InChI is InChI=1S/C16H22ClN/c1-2-16(7-8-16)11-18-13-9-12(10-13)14-5-3-4-6-15(14)17/h3-6,12-13,18H,2,7-11H2,1H3. The van der Waals surface area contributed by atoms with Crippen LogP contribution in [0.5, 0.6) is 0 Å². The van der Waals surface area contributed by atoms with Crippen LogP contribution in [0.2, 0.25) is 5.02 Å². The topological polar surface area (TPSA) is 12.0 Å². The van der Waals surface area contributed by atoms with Crippen molar-refractivity contribution in [3.05, 3.63) is 34.9 Å². The maximum atomic E-state index is 6.24. The summed E-state index contributed by atoms with van der Waals surface area (Å²) in [5, 5.41) is 4.69. The molecule has 0 amide bonds. The van der Waals surface area contributed by atoms with Crippen molar-refractivity contribution in [2.75, 3.05) is 6.54 Å². The number of hydrogen-bond donors (Lipinski definition) is 1. The lowest BCUT2D eigenvalue weighted by Crippen LogP contribution is -2.42. The van der Waals surface area contributed by atoms with Crippen LogP contribution in [0.3, 0.4) is 0 Å². The largest absolute Gasteiger partial charge is 0.313 e. The maximum absolute atomic E-state index is 6.24. The molecule has 2 aliphatic carbocycles. The van der Waals surface area contributed by atoms with Gasteiger partial charge in [0.25, 0.3) is 0 Å². The van der Waals surface area contributed by atoms with Crippen LogP contribution < -0.4 is 5.32 Å². The fourth-order valence-electron chi connectivity index (χ4n) is 3.04. The van der Waals surface area contributed by atoms with E-state index in [1.807, 2.05) is 12.1 Å². The summed E-state index contributed by atoms with van der Waals surface area (Å²) in [7, 11) is 0. The molecule has 2 heteroatoms. The smallest absolute Gasteiger partial charge is 0.0440 e. The van der Waals surface area contributed by atoms with Crippen LogP contribution in [0.15, 0.2) is 24.3 Å². The van der Waals surface area contributed by atoms with Gasteiger partial charge in [-0.3, -0.25) is 0 Å². The Morgan fingerprint density at radius 2 is 2.00 bits per heavy atom. The molecule has 1 N–H and O–H groups in total. The molecule has 0 bridgehead atoms. The molecule has 1 aromatic carbocycles. The Hall–Kier alpha value is -0.530. The molecule has 18 heavy (non-hydrogen) atoms. The quantitative estimate of drug-likeness (QED) is 0.832. The molecule has 0 radical (unpaired) electrons. The molecule has 0 unspecified atom stereocenters. The Morgan fingerprint density at radius 3 is 2.61 bits per heavy atom. The lowest BCUT2D eigenvalue weighted by atomic mass is 9.75. The van der Waals surface area contributed by atoms with Crippen LogP contribution >= 0.6 is 11.6 Å². The molecule has 2 aliphatic rings. The van der Waals surface area contributed by atoms with E-state index in [-0.39, 0.29) is 0 Å². The van der Waals surface area contributed by atoms with Gasteiger partial charge in [0.2, 0.25) is 0 Å². The molecule has 0 heterocycles. The Bertz CT molecular complexity index is 419. The predicted octanol–water partition coefficient (Wildman–Crippen LogP) is 4.37. The van der Waals surface area contributed by atoms with Gasteiger partial charge in [0.15, 0.2) is 0 Å². The predicted molar refractivity (Wildman–Crippen MR) is 77.2 cm³/mol. The van der Waals surface area contributed by atoms with Crippen molar-refractivity contribution < 1.29 is 0 Å². The van der Waals surface area contributed by atoms with E-state index in [0.29, 0.717) is 11.3 Å². The molecular weight excluding hydrogens is 242 g/mol. The summed E-state index contributed by atoms with van der Waals surface area (Å²) in [4.78, 5) is 0. The van der Waals surface area contributed by atoms with Crippen LogP contribution in [-0.4, -0.2) is 12.6 Å². The summed E-state index contributed by atoms with van der Waals surface area (Å²) < 4.78 is 0. The van der Waals surface area contributed by atoms with Gasteiger partial charge in [-0.25, -0.2) is 0 Å². The van der Waals surface area contributed by atoms with Crippen LogP contribution in [0.1, 0.15) is 50.5 Å². The molecule has 1 aromatic rings. The van der Waals surface area contributed by atoms with Gasteiger partial charge in [0.1, 0.15) is 0 Å². The molecule has 0 aliphatic heterocycles. The summed E-state index contributed by atoms with van der Waals surface area (Å²) in [6.07, 6.45) is 6.70. The molecule has 98 valence electrons.